The molecule has 3 aromatic heterocycles. The average molecular weight is 456 g/mol. The van der Waals surface area contributed by atoms with Gasteiger partial charge in [0.05, 0.1) is 46.9 Å². The molecule has 5 rings (SSSR count). The summed E-state index contributed by atoms with van der Waals surface area (Å²) < 4.78 is 0. The number of H-pyrrole nitrogens is 1. The van der Waals surface area contributed by atoms with Crippen molar-refractivity contribution in [2.75, 3.05) is 31.5 Å². The molecule has 34 heavy (non-hydrogen) atoms. The lowest BCUT2D eigenvalue weighted by Crippen LogP contribution is -2.55. The molecule has 1 aromatic carbocycles. The number of benzene rings is 1. The molecule has 4 aromatic rings. The largest absolute Gasteiger partial charge is 0.343 e. The van der Waals surface area contributed by atoms with Gasteiger partial charge in [0.2, 0.25) is 5.91 Å². The number of piperazine rings is 1. The summed E-state index contributed by atoms with van der Waals surface area (Å²) in [5, 5.41) is 7.30. The maximum absolute atomic E-state index is 12.9. The Bertz CT molecular complexity index is 1310. The molecule has 1 amide bonds. The molecule has 1 unspecified atom stereocenters. The fraction of sp³-hybridized carbons (Fsp3) is 0.308. The lowest BCUT2D eigenvalue weighted by atomic mass is 10.0. The molecule has 4 heterocycles. The van der Waals surface area contributed by atoms with E-state index in [1.165, 1.54) is 0 Å². The van der Waals surface area contributed by atoms with Gasteiger partial charge in [-0.05, 0) is 50.2 Å². The van der Waals surface area contributed by atoms with E-state index in [0.29, 0.717) is 5.69 Å². The summed E-state index contributed by atoms with van der Waals surface area (Å²) >= 11 is 0. The van der Waals surface area contributed by atoms with E-state index in [0.717, 1.165) is 71.8 Å². The molecule has 8 heteroatoms. The fourth-order valence-electron chi connectivity index (χ4n) is 4.47. The predicted octanol–water partition coefficient (Wildman–Crippen LogP) is 3.62. The first-order valence-electron chi connectivity index (χ1n) is 11.7. The van der Waals surface area contributed by atoms with Gasteiger partial charge in [0.25, 0.3) is 0 Å². The van der Waals surface area contributed by atoms with Gasteiger partial charge >= 0.3 is 0 Å². The van der Waals surface area contributed by atoms with Gasteiger partial charge in [-0.25, -0.2) is 4.98 Å². The van der Waals surface area contributed by atoms with Crippen LogP contribution in [0, 0.1) is 6.92 Å². The first-order chi connectivity index (χ1) is 16.6. The average Bonchev–Trinajstić information content (AvgIpc) is 3.34. The van der Waals surface area contributed by atoms with Crippen LogP contribution in [0.3, 0.4) is 0 Å². The van der Waals surface area contributed by atoms with Crippen LogP contribution in [0.15, 0.2) is 55.0 Å². The minimum Gasteiger partial charge on any atom is -0.343 e. The van der Waals surface area contributed by atoms with Gasteiger partial charge in [-0.15, -0.1) is 0 Å². The zero-order valence-corrected chi connectivity index (χ0v) is 19.5. The van der Waals surface area contributed by atoms with Crippen LogP contribution in [0.1, 0.15) is 19.0 Å². The molecular weight excluding hydrogens is 426 g/mol. The Kier molecular flexibility index (Phi) is 6.33. The van der Waals surface area contributed by atoms with Gasteiger partial charge in [-0.1, -0.05) is 19.1 Å². The number of aryl methyl sites for hydroxylation is 1. The van der Waals surface area contributed by atoms with Crippen molar-refractivity contribution in [2.45, 2.75) is 26.3 Å². The molecule has 0 aliphatic carbocycles. The minimum absolute atomic E-state index is 0.0294. The number of nitrogens with one attached hydrogen (secondary N) is 3. The Morgan fingerprint density at radius 1 is 1.21 bits per heavy atom. The normalized spacial score (nSPS) is 16.6. The van der Waals surface area contributed by atoms with Crippen LogP contribution in [0.25, 0.3) is 33.5 Å². The number of pyridine rings is 2. The third kappa shape index (κ3) is 4.69. The number of carbonyl (C=O) groups is 1. The van der Waals surface area contributed by atoms with E-state index < -0.39 is 0 Å². The van der Waals surface area contributed by atoms with E-state index in [4.69, 9.17) is 0 Å². The zero-order chi connectivity index (χ0) is 23.5. The number of nitrogens with zero attached hydrogens (tertiary/aromatic N) is 4. The molecule has 1 atom stereocenters. The number of rotatable bonds is 6. The quantitative estimate of drug-likeness (QED) is 0.411. The molecule has 1 saturated heterocycles. The maximum atomic E-state index is 12.9. The SMILES string of the molecule is CCCN1CCNC(C(=O)Nc2cnc3ccc(-c4nc[nH]c4-c4cccc(C)n4)cc3c2)C1. The van der Waals surface area contributed by atoms with Gasteiger partial charge in [-0.3, -0.25) is 14.8 Å². The summed E-state index contributed by atoms with van der Waals surface area (Å²) in [6, 6.07) is 13.7. The topological polar surface area (TPSA) is 98.8 Å². The number of anilines is 1. The second-order valence-electron chi connectivity index (χ2n) is 8.72. The molecule has 1 aliphatic rings. The lowest BCUT2D eigenvalue weighted by molar-refractivity contribution is -0.119. The van der Waals surface area contributed by atoms with Crippen molar-refractivity contribution in [3.8, 4) is 22.6 Å². The van der Waals surface area contributed by atoms with E-state index in [9.17, 15) is 4.79 Å². The molecule has 0 bridgehead atoms. The number of amides is 1. The van der Waals surface area contributed by atoms with E-state index in [2.05, 4.69) is 48.5 Å². The lowest BCUT2D eigenvalue weighted by Gasteiger charge is -2.32. The van der Waals surface area contributed by atoms with Crippen LogP contribution in [0.5, 0.6) is 0 Å². The minimum atomic E-state index is -0.226. The molecule has 0 spiro atoms. The Hall–Kier alpha value is -3.62. The highest BCUT2D eigenvalue weighted by Crippen LogP contribution is 2.30. The fourth-order valence-corrected chi connectivity index (χ4v) is 4.47. The van der Waals surface area contributed by atoms with Gasteiger partial charge in [0.15, 0.2) is 0 Å². The number of imidazole rings is 1. The standard InChI is InChI=1S/C26H29N7O/c1-3-10-33-11-9-27-23(15-33)26(34)32-20-13-19-12-18(7-8-21(19)28-14-20)24-25(30-16-29-24)22-6-4-5-17(2)31-22/h4-8,12-14,16,23,27H,3,9-11,15H2,1-2H3,(H,29,30)(H,32,34). The van der Waals surface area contributed by atoms with Crippen molar-refractivity contribution < 1.29 is 4.79 Å². The molecular formula is C26H29N7O. The highest BCUT2D eigenvalue weighted by molar-refractivity contribution is 5.97. The molecule has 1 fully saturated rings. The molecule has 0 saturated carbocycles. The third-order valence-corrected chi connectivity index (χ3v) is 6.12. The van der Waals surface area contributed by atoms with Crippen LogP contribution in [-0.4, -0.2) is 63.0 Å². The van der Waals surface area contributed by atoms with Crippen LogP contribution in [-0.2, 0) is 4.79 Å². The number of aromatic amines is 1. The number of fused-ring (bicyclic) bond motifs is 1. The first kappa shape index (κ1) is 22.2. The van der Waals surface area contributed by atoms with Crippen molar-refractivity contribution in [3.05, 3.63) is 60.7 Å². The summed E-state index contributed by atoms with van der Waals surface area (Å²) in [5.74, 6) is -0.0294. The summed E-state index contributed by atoms with van der Waals surface area (Å²) in [4.78, 5) is 32.2. The van der Waals surface area contributed by atoms with E-state index in [-0.39, 0.29) is 11.9 Å². The third-order valence-electron chi connectivity index (χ3n) is 6.12. The number of hydrogen-bond acceptors (Lipinski definition) is 6. The molecule has 3 N–H and O–H groups in total. The first-order valence-corrected chi connectivity index (χ1v) is 11.7. The molecule has 8 nitrogen and oxygen atoms in total. The highest BCUT2D eigenvalue weighted by atomic mass is 16.2. The Morgan fingerprint density at radius 3 is 2.97 bits per heavy atom. The van der Waals surface area contributed by atoms with Gasteiger partial charge in [0, 0.05) is 36.3 Å². The number of carbonyl (C=O) groups excluding carboxylic acids is 1. The van der Waals surface area contributed by atoms with Crippen LogP contribution < -0.4 is 10.6 Å². The predicted molar refractivity (Wildman–Crippen MR) is 134 cm³/mol. The van der Waals surface area contributed by atoms with Crippen molar-refractivity contribution in [3.63, 3.8) is 0 Å². The smallest absolute Gasteiger partial charge is 0.242 e. The summed E-state index contributed by atoms with van der Waals surface area (Å²) in [6.07, 6.45) is 4.49. The Labute approximate surface area is 198 Å². The highest BCUT2D eigenvalue weighted by Gasteiger charge is 2.25. The summed E-state index contributed by atoms with van der Waals surface area (Å²) in [6.45, 7) is 7.67. The summed E-state index contributed by atoms with van der Waals surface area (Å²) in [7, 11) is 0. The zero-order valence-electron chi connectivity index (χ0n) is 19.5. The van der Waals surface area contributed by atoms with Crippen molar-refractivity contribution in [1.82, 2.24) is 30.2 Å². The monoisotopic (exact) mass is 455 g/mol. The van der Waals surface area contributed by atoms with E-state index in [1.54, 1.807) is 12.5 Å². The van der Waals surface area contributed by atoms with Crippen LogP contribution in [0.2, 0.25) is 0 Å². The second kappa shape index (κ2) is 9.70. The maximum Gasteiger partial charge on any atom is 0.242 e. The number of hydrogen-bond donors (Lipinski definition) is 3. The second-order valence-corrected chi connectivity index (χ2v) is 8.72. The van der Waals surface area contributed by atoms with Crippen molar-refractivity contribution >= 4 is 22.5 Å². The van der Waals surface area contributed by atoms with Crippen LogP contribution >= 0.6 is 0 Å². The summed E-state index contributed by atoms with van der Waals surface area (Å²) in [5.41, 5.74) is 6.01. The molecule has 174 valence electrons. The molecule has 1 aliphatic heterocycles. The van der Waals surface area contributed by atoms with Gasteiger partial charge < -0.3 is 20.5 Å². The van der Waals surface area contributed by atoms with Gasteiger partial charge in [0.1, 0.15) is 0 Å². The van der Waals surface area contributed by atoms with E-state index in [1.807, 2.05) is 43.3 Å². The van der Waals surface area contributed by atoms with Crippen molar-refractivity contribution in [1.29, 1.82) is 0 Å². The Balaban J connectivity index is 1.39. The van der Waals surface area contributed by atoms with Crippen molar-refractivity contribution in [2.24, 2.45) is 0 Å². The molecule has 0 radical (unpaired) electrons. The van der Waals surface area contributed by atoms with E-state index >= 15 is 0 Å². The van der Waals surface area contributed by atoms with Gasteiger partial charge in [-0.2, -0.15) is 0 Å². The Morgan fingerprint density at radius 2 is 2.12 bits per heavy atom. The van der Waals surface area contributed by atoms with Crippen LogP contribution in [0.4, 0.5) is 5.69 Å². The number of aromatic nitrogens is 4.